The minimum atomic E-state index is -0.894. The number of benzene rings is 2. The van der Waals surface area contributed by atoms with E-state index < -0.39 is 12.0 Å². The number of methoxy groups -OCH3 is 1. The molecule has 4 rings (SSSR count). The van der Waals surface area contributed by atoms with E-state index in [0.717, 1.165) is 28.5 Å². The molecule has 1 aromatic heterocycles. The quantitative estimate of drug-likeness (QED) is 0.552. The summed E-state index contributed by atoms with van der Waals surface area (Å²) in [4.78, 5) is 26.4. The van der Waals surface area contributed by atoms with Gasteiger partial charge in [0, 0.05) is 23.1 Å². The maximum absolute atomic E-state index is 11.7. The van der Waals surface area contributed by atoms with Crippen LogP contribution in [0.2, 0.25) is 0 Å². The number of H-pyrrole nitrogens is 1. The van der Waals surface area contributed by atoms with Gasteiger partial charge in [-0.25, -0.2) is 4.79 Å². The largest absolute Gasteiger partial charge is 0.489 e. The first-order chi connectivity index (χ1) is 13.6. The number of esters is 1. The summed E-state index contributed by atoms with van der Waals surface area (Å²) in [6.07, 6.45) is 0.754. The molecule has 1 aliphatic rings. The average molecular weight is 417 g/mol. The van der Waals surface area contributed by atoms with Gasteiger partial charge in [0.15, 0.2) is 0 Å². The maximum Gasteiger partial charge on any atom is 0.337 e. The summed E-state index contributed by atoms with van der Waals surface area (Å²) in [7, 11) is 1.35. The van der Waals surface area contributed by atoms with Crippen LogP contribution in [0.4, 0.5) is 0 Å². The molecule has 0 fully saturated rings. The Morgan fingerprint density at radius 3 is 2.79 bits per heavy atom. The van der Waals surface area contributed by atoms with Gasteiger partial charge in [0.25, 0.3) is 0 Å². The van der Waals surface area contributed by atoms with Crippen molar-refractivity contribution in [3.05, 3.63) is 64.8 Å². The van der Waals surface area contributed by atoms with Crippen molar-refractivity contribution >= 4 is 35.2 Å². The van der Waals surface area contributed by atoms with Crippen LogP contribution in [0.15, 0.2) is 42.5 Å². The summed E-state index contributed by atoms with van der Waals surface area (Å²) in [5.41, 5.74) is 3.94. The van der Waals surface area contributed by atoms with E-state index in [2.05, 4.69) is 10.3 Å². The number of fused-ring (bicyclic) bond motifs is 3. The van der Waals surface area contributed by atoms with Crippen LogP contribution < -0.4 is 10.1 Å². The average Bonchev–Trinajstić information content (AvgIpc) is 3.09. The molecule has 0 radical (unpaired) electrons. The first-order valence-corrected chi connectivity index (χ1v) is 8.97. The number of carboxylic acid groups (broad SMARTS) is 1. The Labute approximate surface area is 173 Å². The number of aromatic nitrogens is 1. The zero-order chi connectivity index (χ0) is 19.7. The third-order valence-corrected chi connectivity index (χ3v) is 4.92. The van der Waals surface area contributed by atoms with Crippen LogP contribution in [0, 0.1) is 0 Å². The molecule has 0 bridgehead atoms. The molecular weight excluding hydrogens is 396 g/mol. The third kappa shape index (κ3) is 4.06. The molecule has 0 aliphatic carbocycles. The second kappa shape index (κ2) is 8.55. The lowest BCUT2D eigenvalue weighted by Gasteiger charge is -2.20. The van der Waals surface area contributed by atoms with E-state index in [-0.39, 0.29) is 18.4 Å². The number of aromatic amines is 1. The Bertz CT molecular complexity index is 1060. The Hall–Kier alpha value is -3.03. The molecule has 152 valence electrons. The molecule has 1 unspecified atom stereocenters. The Morgan fingerprint density at radius 1 is 1.21 bits per heavy atom. The van der Waals surface area contributed by atoms with E-state index in [1.807, 2.05) is 24.3 Å². The molecule has 1 aliphatic heterocycles. The summed E-state index contributed by atoms with van der Waals surface area (Å²) < 4.78 is 10.6. The highest BCUT2D eigenvalue weighted by molar-refractivity contribution is 5.90. The SMILES string of the molecule is COC(=O)c1cccc(COc2ccc3[nH]c4c(c3c2)CCNC4C(=O)O)c1.Cl. The highest BCUT2D eigenvalue weighted by atomic mass is 35.5. The van der Waals surface area contributed by atoms with Gasteiger partial charge in [0.1, 0.15) is 18.4 Å². The number of aliphatic carboxylic acids is 1. The highest BCUT2D eigenvalue weighted by Crippen LogP contribution is 2.32. The third-order valence-electron chi connectivity index (χ3n) is 4.92. The summed E-state index contributed by atoms with van der Waals surface area (Å²) >= 11 is 0. The van der Waals surface area contributed by atoms with Crippen LogP contribution in [0.3, 0.4) is 0 Å². The van der Waals surface area contributed by atoms with Gasteiger partial charge in [0.2, 0.25) is 0 Å². The normalized spacial score (nSPS) is 15.3. The predicted molar refractivity (Wildman–Crippen MR) is 110 cm³/mol. The lowest BCUT2D eigenvalue weighted by atomic mass is 9.99. The van der Waals surface area contributed by atoms with Gasteiger partial charge in [-0.1, -0.05) is 12.1 Å². The van der Waals surface area contributed by atoms with Crippen LogP contribution in [0.25, 0.3) is 10.9 Å². The first-order valence-electron chi connectivity index (χ1n) is 8.97. The number of halogens is 1. The highest BCUT2D eigenvalue weighted by Gasteiger charge is 2.29. The molecule has 7 nitrogen and oxygen atoms in total. The van der Waals surface area contributed by atoms with E-state index in [0.29, 0.717) is 30.2 Å². The van der Waals surface area contributed by atoms with Crippen molar-refractivity contribution in [3.63, 3.8) is 0 Å². The molecule has 0 saturated carbocycles. The van der Waals surface area contributed by atoms with Crippen molar-refractivity contribution in [1.29, 1.82) is 0 Å². The number of hydrogen-bond donors (Lipinski definition) is 3. The summed E-state index contributed by atoms with van der Waals surface area (Å²) in [5, 5.41) is 13.4. The Kier molecular flexibility index (Phi) is 6.10. The van der Waals surface area contributed by atoms with E-state index in [1.165, 1.54) is 7.11 Å². The van der Waals surface area contributed by atoms with Crippen molar-refractivity contribution in [2.45, 2.75) is 19.1 Å². The molecule has 0 amide bonds. The standard InChI is InChI=1S/C21H20N2O5.ClH/c1-27-21(26)13-4-2-3-12(9-13)11-28-14-5-6-17-16(10-14)15-7-8-22-19(20(24)25)18(15)23-17;/h2-6,9-10,19,22-23H,7-8,11H2,1H3,(H,24,25);1H. The van der Waals surface area contributed by atoms with Gasteiger partial charge in [0.05, 0.1) is 12.7 Å². The van der Waals surface area contributed by atoms with E-state index in [9.17, 15) is 14.7 Å². The van der Waals surface area contributed by atoms with Gasteiger partial charge < -0.3 is 19.6 Å². The topological polar surface area (TPSA) is 101 Å². The summed E-state index contributed by atoms with van der Waals surface area (Å²) in [6.45, 7) is 0.921. The fourth-order valence-corrected chi connectivity index (χ4v) is 3.58. The molecule has 0 saturated heterocycles. The number of nitrogens with one attached hydrogen (secondary N) is 2. The molecule has 0 spiro atoms. The van der Waals surface area contributed by atoms with Crippen molar-refractivity contribution in [1.82, 2.24) is 10.3 Å². The van der Waals surface area contributed by atoms with E-state index in [1.54, 1.807) is 18.2 Å². The Balaban J connectivity index is 0.00000240. The molecule has 3 aromatic rings. The van der Waals surface area contributed by atoms with Gasteiger partial charge in [-0.3, -0.25) is 10.1 Å². The fraction of sp³-hybridized carbons (Fsp3) is 0.238. The van der Waals surface area contributed by atoms with E-state index in [4.69, 9.17) is 9.47 Å². The van der Waals surface area contributed by atoms with Crippen LogP contribution in [0.5, 0.6) is 5.75 Å². The van der Waals surface area contributed by atoms with Crippen molar-refractivity contribution < 1.29 is 24.2 Å². The van der Waals surface area contributed by atoms with Gasteiger partial charge in [-0.15, -0.1) is 12.4 Å². The van der Waals surface area contributed by atoms with Gasteiger partial charge in [-0.05, 0) is 47.9 Å². The molecule has 2 heterocycles. The minimum absolute atomic E-state index is 0. The summed E-state index contributed by atoms with van der Waals surface area (Å²) in [5.74, 6) is -0.596. The van der Waals surface area contributed by atoms with E-state index >= 15 is 0 Å². The van der Waals surface area contributed by atoms with Gasteiger partial charge in [-0.2, -0.15) is 0 Å². The fourth-order valence-electron chi connectivity index (χ4n) is 3.58. The molecule has 8 heteroatoms. The second-order valence-corrected chi connectivity index (χ2v) is 6.68. The molecule has 29 heavy (non-hydrogen) atoms. The predicted octanol–water partition coefficient (Wildman–Crippen LogP) is 3.23. The minimum Gasteiger partial charge on any atom is -0.489 e. The zero-order valence-corrected chi connectivity index (χ0v) is 16.5. The molecule has 3 N–H and O–H groups in total. The molecule has 2 aromatic carbocycles. The maximum atomic E-state index is 11.7. The number of rotatable bonds is 5. The lowest BCUT2D eigenvalue weighted by Crippen LogP contribution is -2.34. The van der Waals surface area contributed by atoms with Gasteiger partial charge >= 0.3 is 11.9 Å². The van der Waals surface area contributed by atoms with Crippen LogP contribution in [0.1, 0.15) is 33.2 Å². The van der Waals surface area contributed by atoms with Crippen molar-refractivity contribution in [2.75, 3.05) is 13.7 Å². The first kappa shape index (κ1) is 20.7. The summed E-state index contributed by atoms with van der Waals surface area (Å²) in [6, 6.07) is 12.1. The van der Waals surface area contributed by atoms with Crippen molar-refractivity contribution in [2.24, 2.45) is 0 Å². The molecular formula is C21H21ClN2O5. The zero-order valence-electron chi connectivity index (χ0n) is 15.7. The van der Waals surface area contributed by atoms with Crippen LogP contribution in [-0.4, -0.2) is 35.7 Å². The second-order valence-electron chi connectivity index (χ2n) is 6.68. The number of carbonyl (C=O) groups excluding carboxylic acids is 1. The van der Waals surface area contributed by atoms with Crippen LogP contribution in [-0.2, 0) is 22.6 Å². The monoisotopic (exact) mass is 416 g/mol. The number of carbonyl (C=O) groups is 2. The number of hydrogen-bond acceptors (Lipinski definition) is 5. The Morgan fingerprint density at radius 2 is 2.03 bits per heavy atom. The number of carboxylic acids is 1. The molecule has 1 atom stereocenters. The number of ether oxygens (including phenoxy) is 2. The van der Waals surface area contributed by atoms with Crippen LogP contribution >= 0.6 is 12.4 Å². The lowest BCUT2D eigenvalue weighted by molar-refractivity contribution is -0.139. The smallest absolute Gasteiger partial charge is 0.337 e. The van der Waals surface area contributed by atoms with Crippen molar-refractivity contribution in [3.8, 4) is 5.75 Å².